The van der Waals surface area contributed by atoms with E-state index in [0.717, 1.165) is 28.2 Å². The lowest BCUT2D eigenvalue weighted by Gasteiger charge is -1.99. The summed E-state index contributed by atoms with van der Waals surface area (Å²) < 4.78 is 12.3. The first-order chi connectivity index (χ1) is 12.3. The van der Waals surface area contributed by atoms with E-state index >= 15 is 0 Å². The van der Waals surface area contributed by atoms with Crippen LogP contribution in [0.15, 0.2) is 48.5 Å². The molecule has 0 bridgehead atoms. The zero-order valence-corrected chi connectivity index (χ0v) is 13.7. The Hall–Kier alpha value is -3.19. The predicted molar refractivity (Wildman–Crippen MR) is 93.2 cm³/mol. The van der Waals surface area contributed by atoms with Crippen LogP contribution >= 0.6 is 11.3 Å². The number of benzene rings is 2. The molecule has 6 nitrogen and oxygen atoms in total. The van der Waals surface area contributed by atoms with Crippen molar-refractivity contribution in [2.45, 2.75) is 0 Å². The van der Waals surface area contributed by atoms with Crippen molar-refractivity contribution in [1.29, 1.82) is 0 Å². The van der Waals surface area contributed by atoms with Crippen LogP contribution in [0.1, 0.15) is 10.5 Å². The molecule has 3 heterocycles. The van der Waals surface area contributed by atoms with Gasteiger partial charge in [-0.1, -0.05) is 41.7 Å². The van der Waals surface area contributed by atoms with Gasteiger partial charge >= 0.3 is 0 Å². The zero-order chi connectivity index (χ0) is 16.8. The third-order valence-corrected chi connectivity index (χ3v) is 4.97. The number of carbonyl (C=O) groups excluding carboxylic acids is 1. The Morgan fingerprint density at radius 2 is 1.88 bits per heavy atom. The monoisotopic (exact) mass is 349 g/mol. The van der Waals surface area contributed by atoms with Gasteiger partial charge in [-0.3, -0.25) is 4.79 Å². The van der Waals surface area contributed by atoms with Gasteiger partial charge in [0.15, 0.2) is 17.8 Å². The Morgan fingerprint density at radius 1 is 1.04 bits per heavy atom. The molecular weight excluding hydrogens is 338 g/mol. The van der Waals surface area contributed by atoms with Crippen molar-refractivity contribution in [2.24, 2.45) is 0 Å². The van der Waals surface area contributed by atoms with Gasteiger partial charge in [-0.25, -0.2) is 4.98 Å². The van der Waals surface area contributed by atoms with Crippen LogP contribution in [0.5, 0.6) is 11.5 Å². The highest BCUT2D eigenvalue weighted by atomic mass is 32.1. The summed E-state index contributed by atoms with van der Waals surface area (Å²) in [5.74, 6) is 1.43. The summed E-state index contributed by atoms with van der Waals surface area (Å²) in [4.78, 5) is 16.9. The van der Waals surface area contributed by atoms with Crippen molar-refractivity contribution in [3.8, 4) is 33.3 Å². The molecule has 2 aromatic carbocycles. The van der Waals surface area contributed by atoms with Crippen molar-refractivity contribution < 1.29 is 14.3 Å². The largest absolute Gasteiger partial charge is 0.454 e. The summed E-state index contributed by atoms with van der Waals surface area (Å²) in [5, 5.41) is 5.34. The lowest BCUT2D eigenvalue weighted by molar-refractivity contribution is 0.111. The van der Waals surface area contributed by atoms with E-state index in [2.05, 4.69) is 10.1 Å². The van der Waals surface area contributed by atoms with E-state index in [4.69, 9.17) is 9.47 Å². The number of rotatable bonds is 3. The topological polar surface area (TPSA) is 65.7 Å². The molecule has 1 aliphatic rings. The molecule has 4 aromatic rings. The van der Waals surface area contributed by atoms with Crippen molar-refractivity contribution in [3.63, 3.8) is 0 Å². The second-order valence-corrected chi connectivity index (χ2v) is 6.46. The van der Waals surface area contributed by atoms with Crippen LogP contribution in [0.25, 0.3) is 26.8 Å². The molecule has 0 saturated carbocycles. The number of aldehydes is 1. The van der Waals surface area contributed by atoms with Crippen molar-refractivity contribution in [3.05, 3.63) is 54.2 Å². The normalized spacial score (nSPS) is 12.6. The zero-order valence-electron chi connectivity index (χ0n) is 12.9. The maximum atomic E-state index is 11.6. The van der Waals surface area contributed by atoms with Crippen LogP contribution in [-0.4, -0.2) is 27.7 Å². The van der Waals surface area contributed by atoms with Crippen LogP contribution in [0.2, 0.25) is 0 Å². The number of hydrogen-bond acceptors (Lipinski definition) is 6. The molecule has 0 saturated heterocycles. The van der Waals surface area contributed by atoms with E-state index in [-0.39, 0.29) is 6.79 Å². The summed E-state index contributed by atoms with van der Waals surface area (Å²) in [7, 11) is 0. The first kappa shape index (κ1) is 14.2. The summed E-state index contributed by atoms with van der Waals surface area (Å²) in [6.07, 6.45) is 0.797. The average Bonchev–Trinajstić information content (AvgIpc) is 3.35. The first-order valence-corrected chi connectivity index (χ1v) is 8.45. The average molecular weight is 349 g/mol. The smallest absolute Gasteiger partial charge is 0.231 e. The molecule has 7 heteroatoms. The van der Waals surface area contributed by atoms with E-state index in [0.29, 0.717) is 22.1 Å². The molecule has 0 aliphatic carbocycles. The first-order valence-electron chi connectivity index (χ1n) is 7.63. The number of carbonyl (C=O) groups is 1. The van der Waals surface area contributed by atoms with Gasteiger partial charge in [0.25, 0.3) is 0 Å². The van der Waals surface area contributed by atoms with Crippen molar-refractivity contribution in [1.82, 2.24) is 14.6 Å². The SMILES string of the molecule is O=Cc1c(-c2ccccc2)nc2sc(-c3ccc4c(c3)OCO4)nn12. The molecule has 1 aliphatic heterocycles. The number of fused-ring (bicyclic) bond motifs is 2. The number of imidazole rings is 1. The third kappa shape index (κ3) is 2.20. The van der Waals surface area contributed by atoms with Gasteiger partial charge in [0.1, 0.15) is 16.4 Å². The van der Waals surface area contributed by atoms with Crippen LogP contribution in [0.4, 0.5) is 0 Å². The fourth-order valence-corrected chi connectivity index (χ4v) is 3.73. The molecule has 0 radical (unpaired) electrons. The third-order valence-electron chi connectivity index (χ3n) is 4.02. The molecular formula is C18H11N3O3S. The molecule has 0 atom stereocenters. The van der Waals surface area contributed by atoms with Crippen molar-refractivity contribution >= 4 is 22.6 Å². The second kappa shape index (κ2) is 5.42. The summed E-state index contributed by atoms with van der Waals surface area (Å²) in [5.41, 5.74) is 2.89. The van der Waals surface area contributed by atoms with Gasteiger partial charge in [0, 0.05) is 11.1 Å². The van der Waals surface area contributed by atoms with Gasteiger partial charge in [0.2, 0.25) is 11.8 Å². The van der Waals surface area contributed by atoms with Gasteiger partial charge < -0.3 is 9.47 Å². The minimum atomic E-state index is 0.232. The van der Waals surface area contributed by atoms with Crippen LogP contribution in [0, 0.1) is 0 Å². The fraction of sp³-hybridized carbons (Fsp3) is 0.0556. The van der Waals surface area contributed by atoms with Gasteiger partial charge in [-0.15, -0.1) is 0 Å². The van der Waals surface area contributed by atoms with E-state index in [1.807, 2.05) is 48.5 Å². The highest BCUT2D eigenvalue weighted by Crippen LogP contribution is 2.37. The van der Waals surface area contributed by atoms with Crippen molar-refractivity contribution in [2.75, 3.05) is 6.79 Å². The number of aromatic nitrogens is 3. The second-order valence-electron chi connectivity index (χ2n) is 5.50. The van der Waals surface area contributed by atoms with Gasteiger partial charge in [-0.2, -0.15) is 9.61 Å². The molecule has 5 rings (SSSR count). The summed E-state index contributed by atoms with van der Waals surface area (Å²) in [6, 6.07) is 15.3. The van der Waals surface area contributed by atoms with Gasteiger partial charge in [-0.05, 0) is 18.2 Å². The number of ether oxygens (including phenoxy) is 2. The van der Waals surface area contributed by atoms with Crippen LogP contribution < -0.4 is 9.47 Å². The van der Waals surface area contributed by atoms with E-state index in [9.17, 15) is 4.79 Å². The molecule has 122 valence electrons. The minimum absolute atomic E-state index is 0.232. The molecule has 0 amide bonds. The summed E-state index contributed by atoms with van der Waals surface area (Å²) >= 11 is 1.43. The Balaban J connectivity index is 1.63. The predicted octanol–water partition coefficient (Wildman–Crippen LogP) is 3.67. The molecule has 0 unspecified atom stereocenters. The van der Waals surface area contributed by atoms with Gasteiger partial charge in [0.05, 0.1) is 0 Å². The Labute approximate surface area is 146 Å². The van der Waals surface area contributed by atoms with E-state index < -0.39 is 0 Å². The minimum Gasteiger partial charge on any atom is -0.454 e. The maximum absolute atomic E-state index is 11.6. The van der Waals surface area contributed by atoms with Crippen LogP contribution in [0.3, 0.4) is 0 Å². The van der Waals surface area contributed by atoms with E-state index in [1.54, 1.807) is 4.52 Å². The molecule has 25 heavy (non-hydrogen) atoms. The quantitative estimate of drug-likeness (QED) is 0.528. The number of nitrogens with zero attached hydrogens (tertiary/aromatic N) is 3. The fourth-order valence-electron chi connectivity index (χ4n) is 2.82. The number of hydrogen-bond donors (Lipinski definition) is 0. The summed E-state index contributed by atoms with van der Waals surface area (Å²) in [6.45, 7) is 0.232. The molecule has 2 aromatic heterocycles. The highest BCUT2D eigenvalue weighted by Gasteiger charge is 2.20. The van der Waals surface area contributed by atoms with Crippen LogP contribution in [-0.2, 0) is 0 Å². The highest BCUT2D eigenvalue weighted by molar-refractivity contribution is 7.19. The Kier molecular flexibility index (Phi) is 3.07. The lowest BCUT2D eigenvalue weighted by Crippen LogP contribution is -1.94. The molecule has 0 N–H and O–H groups in total. The Bertz CT molecular complexity index is 1100. The standard InChI is InChI=1S/C18H11N3O3S/c22-9-13-16(11-4-2-1-3-5-11)19-18-21(13)20-17(25-18)12-6-7-14-15(8-12)24-10-23-14/h1-9H,10H2. The molecule has 0 fully saturated rings. The maximum Gasteiger partial charge on any atom is 0.231 e. The Morgan fingerprint density at radius 3 is 2.72 bits per heavy atom. The molecule has 0 spiro atoms. The van der Waals surface area contributed by atoms with E-state index in [1.165, 1.54) is 11.3 Å². The lowest BCUT2D eigenvalue weighted by atomic mass is 10.1.